The third kappa shape index (κ3) is 4.12. The Morgan fingerprint density at radius 3 is 2.75 bits per heavy atom. The fourth-order valence-electron chi connectivity index (χ4n) is 3.20. The van der Waals surface area contributed by atoms with E-state index >= 15 is 0 Å². The molecule has 1 aromatic carbocycles. The van der Waals surface area contributed by atoms with Gasteiger partial charge in [0.1, 0.15) is 12.2 Å². The quantitative estimate of drug-likeness (QED) is 0.725. The zero-order valence-electron chi connectivity index (χ0n) is 16.5. The second kappa shape index (κ2) is 7.66. The summed E-state index contributed by atoms with van der Waals surface area (Å²) in [6.07, 6.45) is 1.19. The van der Waals surface area contributed by atoms with Crippen LogP contribution in [0.5, 0.6) is 0 Å². The summed E-state index contributed by atoms with van der Waals surface area (Å²) < 4.78 is 34.7. The van der Waals surface area contributed by atoms with Crippen molar-refractivity contribution in [1.29, 1.82) is 5.26 Å². The van der Waals surface area contributed by atoms with Crippen molar-refractivity contribution < 1.29 is 17.3 Å². The second-order valence-electron chi connectivity index (χ2n) is 7.97. The molecule has 8 heteroatoms. The van der Waals surface area contributed by atoms with Gasteiger partial charge >= 0.3 is 0 Å². The fraction of sp³-hybridized carbons (Fsp3) is 0.500. The molecule has 7 nitrogen and oxygen atoms in total. The van der Waals surface area contributed by atoms with Crippen molar-refractivity contribution in [2.45, 2.75) is 44.6 Å². The van der Waals surface area contributed by atoms with Crippen LogP contribution in [0.15, 0.2) is 30.5 Å². The van der Waals surface area contributed by atoms with E-state index in [1.54, 1.807) is 33.0 Å². The highest BCUT2D eigenvalue weighted by atomic mass is 32.2. The molecule has 0 unspecified atom stereocenters. The van der Waals surface area contributed by atoms with Crippen LogP contribution in [0.3, 0.4) is 0 Å². The minimum atomic E-state index is -3.68. The predicted octanol–water partition coefficient (Wildman–Crippen LogP) is 2.85. The fourth-order valence-corrected chi connectivity index (χ4v) is 3.88. The lowest BCUT2D eigenvalue weighted by atomic mass is 10.1. The summed E-state index contributed by atoms with van der Waals surface area (Å²) in [5.74, 6) is 0. The average molecular weight is 404 g/mol. The molecular weight excluding hydrogens is 378 g/mol. The van der Waals surface area contributed by atoms with E-state index in [1.165, 1.54) is 0 Å². The van der Waals surface area contributed by atoms with Crippen molar-refractivity contribution >= 4 is 26.7 Å². The summed E-state index contributed by atoms with van der Waals surface area (Å²) >= 11 is 0. The molecule has 1 saturated heterocycles. The summed E-state index contributed by atoms with van der Waals surface area (Å²) in [5.41, 5.74) is 2.13. The summed E-state index contributed by atoms with van der Waals surface area (Å²) in [5, 5.41) is 10.2. The first-order valence-corrected chi connectivity index (χ1v) is 10.6. The standard InChI is InChI=1S/C20H25N3O4S/c1-14-11-23(12-16(27-14)13-26-28(24,25)20(2,3)4)18-8-7-15(10-21)19-17(18)6-5-9-22-19/h5-9,14,16H,11-13H2,1-4H3/t14-,16-/m1/s1. The highest BCUT2D eigenvalue weighted by Crippen LogP contribution is 2.30. The van der Waals surface area contributed by atoms with Crippen LogP contribution in [0.2, 0.25) is 0 Å². The molecule has 0 bridgehead atoms. The highest BCUT2D eigenvalue weighted by Gasteiger charge is 2.33. The minimum Gasteiger partial charge on any atom is -0.369 e. The molecule has 0 amide bonds. The lowest BCUT2D eigenvalue weighted by Gasteiger charge is -2.38. The van der Waals surface area contributed by atoms with E-state index in [1.807, 2.05) is 25.1 Å². The van der Waals surface area contributed by atoms with Crippen LogP contribution in [-0.4, -0.2) is 50.1 Å². The molecule has 0 radical (unpaired) electrons. The lowest BCUT2D eigenvalue weighted by Crippen LogP contribution is -2.49. The van der Waals surface area contributed by atoms with E-state index in [-0.39, 0.29) is 18.8 Å². The van der Waals surface area contributed by atoms with Gasteiger partial charge in [0.25, 0.3) is 10.1 Å². The Hall–Kier alpha value is -2.21. The van der Waals surface area contributed by atoms with Crippen molar-refractivity contribution in [3.05, 3.63) is 36.0 Å². The first-order chi connectivity index (χ1) is 13.1. The summed E-state index contributed by atoms with van der Waals surface area (Å²) in [4.78, 5) is 6.49. The van der Waals surface area contributed by atoms with E-state index in [0.717, 1.165) is 11.1 Å². The van der Waals surface area contributed by atoms with Crippen LogP contribution in [0.25, 0.3) is 10.9 Å². The van der Waals surface area contributed by atoms with Gasteiger partial charge in [0.15, 0.2) is 0 Å². The third-order valence-corrected chi connectivity index (χ3v) is 6.64. The Balaban J connectivity index is 1.84. The maximum atomic E-state index is 12.2. The van der Waals surface area contributed by atoms with Crippen LogP contribution in [0.1, 0.15) is 33.3 Å². The Morgan fingerprint density at radius 2 is 2.07 bits per heavy atom. The molecule has 0 N–H and O–H groups in total. The molecule has 2 aromatic rings. The number of ether oxygens (including phenoxy) is 1. The molecule has 28 heavy (non-hydrogen) atoms. The number of benzene rings is 1. The van der Waals surface area contributed by atoms with Crippen LogP contribution in [0.4, 0.5) is 5.69 Å². The van der Waals surface area contributed by atoms with Crippen molar-refractivity contribution in [3.63, 3.8) is 0 Å². The molecule has 3 rings (SSSR count). The molecule has 1 fully saturated rings. The topological polar surface area (TPSA) is 92.5 Å². The number of nitrogens with zero attached hydrogens (tertiary/aromatic N) is 3. The van der Waals surface area contributed by atoms with E-state index in [2.05, 4.69) is 16.0 Å². The molecule has 1 aromatic heterocycles. The molecule has 0 spiro atoms. The van der Waals surface area contributed by atoms with Crippen LogP contribution in [0, 0.1) is 11.3 Å². The average Bonchev–Trinajstić information content (AvgIpc) is 2.64. The lowest BCUT2D eigenvalue weighted by molar-refractivity contribution is -0.0363. The number of pyridine rings is 1. The molecule has 2 atom stereocenters. The van der Waals surface area contributed by atoms with Crippen LogP contribution in [-0.2, 0) is 19.0 Å². The van der Waals surface area contributed by atoms with Crippen molar-refractivity contribution in [1.82, 2.24) is 4.98 Å². The largest absolute Gasteiger partial charge is 0.369 e. The highest BCUT2D eigenvalue weighted by molar-refractivity contribution is 7.88. The second-order valence-corrected chi connectivity index (χ2v) is 10.3. The Labute approximate surface area is 166 Å². The maximum absolute atomic E-state index is 12.2. The van der Waals surface area contributed by atoms with Crippen molar-refractivity contribution in [2.75, 3.05) is 24.6 Å². The molecule has 150 valence electrons. The molecule has 1 aliphatic heterocycles. The van der Waals surface area contributed by atoms with E-state index < -0.39 is 14.9 Å². The van der Waals surface area contributed by atoms with E-state index in [4.69, 9.17) is 8.92 Å². The van der Waals surface area contributed by atoms with Gasteiger partial charge in [-0.3, -0.25) is 9.17 Å². The Kier molecular flexibility index (Phi) is 5.62. The van der Waals surface area contributed by atoms with Gasteiger partial charge in [-0.05, 0) is 52.0 Å². The normalized spacial score (nSPS) is 20.9. The van der Waals surface area contributed by atoms with Gasteiger partial charge < -0.3 is 9.64 Å². The van der Waals surface area contributed by atoms with Gasteiger partial charge in [-0.15, -0.1) is 0 Å². The summed E-state index contributed by atoms with van der Waals surface area (Å²) in [6, 6.07) is 9.63. The van der Waals surface area contributed by atoms with E-state index in [0.29, 0.717) is 24.2 Å². The summed E-state index contributed by atoms with van der Waals surface area (Å²) in [6.45, 7) is 7.87. The first-order valence-electron chi connectivity index (χ1n) is 9.19. The van der Waals surface area contributed by atoms with Crippen LogP contribution >= 0.6 is 0 Å². The monoisotopic (exact) mass is 403 g/mol. The number of morpholine rings is 1. The number of hydrogen-bond donors (Lipinski definition) is 0. The van der Waals surface area contributed by atoms with Gasteiger partial charge in [0.2, 0.25) is 0 Å². The number of fused-ring (bicyclic) bond motifs is 1. The first kappa shape index (κ1) is 20.5. The minimum absolute atomic E-state index is 0.0348. The van der Waals surface area contributed by atoms with Crippen molar-refractivity contribution in [2.24, 2.45) is 0 Å². The van der Waals surface area contributed by atoms with Crippen molar-refractivity contribution in [3.8, 4) is 6.07 Å². The molecule has 0 saturated carbocycles. The molecule has 1 aliphatic rings. The number of hydrogen-bond acceptors (Lipinski definition) is 7. The zero-order valence-corrected chi connectivity index (χ0v) is 17.4. The Bertz CT molecular complexity index is 1010. The number of anilines is 1. The molecule has 0 aliphatic carbocycles. The smallest absolute Gasteiger partial charge is 0.272 e. The van der Waals surface area contributed by atoms with Gasteiger partial charge in [-0.25, -0.2) is 0 Å². The van der Waals surface area contributed by atoms with Gasteiger partial charge in [-0.2, -0.15) is 13.7 Å². The van der Waals surface area contributed by atoms with Gasteiger partial charge in [-0.1, -0.05) is 0 Å². The number of aromatic nitrogens is 1. The molecular formula is C20H25N3O4S. The zero-order chi connectivity index (χ0) is 20.5. The SMILES string of the molecule is C[C@@H]1CN(c2ccc(C#N)c3ncccc23)C[C@H](COS(=O)(=O)C(C)(C)C)O1. The molecule has 2 heterocycles. The van der Waals surface area contributed by atoms with Gasteiger partial charge in [0, 0.05) is 30.4 Å². The maximum Gasteiger partial charge on any atom is 0.272 e. The number of nitriles is 1. The van der Waals surface area contributed by atoms with Gasteiger partial charge in [0.05, 0.1) is 28.5 Å². The number of rotatable bonds is 4. The summed E-state index contributed by atoms with van der Waals surface area (Å²) in [7, 11) is -3.68. The Morgan fingerprint density at radius 1 is 1.32 bits per heavy atom. The van der Waals surface area contributed by atoms with Crippen LogP contribution < -0.4 is 4.90 Å². The van der Waals surface area contributed by atoms with E-state index in [9.17, 15) is 13.7 Å². The predicted molar refractivity (Wildman–Crippen MR) is 108 cm³/mol. The third-order valence-electron chi connectivity index (χ3n) is 4.69.